The smallest absolute Gasteiger partial charge is 0.308 e. The first-order valence-corrected chi connectivity index (χ1v) is 9.17. The van der Waals surface area contributed by atoms with Crippen LogP contribution in [-0.2, 0) is 9.53 Å². The fraction of sp³-hybridized carbons (Fsp3) is 0.706. The van der Waals surface area contributed by atoms with Crippen molar-refractivity contribution in [1.29, 1.82) is 0 Å². The highest BCUT2D eigenvalue weighted by molar-refractivity contribution is 7.08. The monoisotopic (exact) mass is 326 g/mol. The summed E-state index contributed by atoms with van der Waals surface area (Å²) >= 11 is 1.54. The van der Waals surface area contributed by atoms with E-state index < -0.39 is 0 Å². The van der Waals surface area contributed by atoms with Crippen LogP contribution in [0, 0.1) is 5.92 Å². The summed E-state index contributed by atoms with van der Waals surface area (Å²) < 4.78 is 16.7. The highest BCUT2D eigenvalue weighted by Crippen LogP contribution is 2.35. The van der Waals surface area contributed by atoms with Crippen LogP contribution in [-0.4, -0.2) is 25.3 Å². The van der Waals surface area contributed by atoms with Crippen LogP contribution < -0.4 is 9.47 Å². The summed E-state index contributed by atoms with van der Waals surface area (Å²) in [5.74, 6) is 1.37. The third kappa shape index (κ3) is 5.20. The third-order valence-corrected chi connectivity index (χ3v) is 4.57. The Bertz CT molecular complexity index is 457. The first-order valence-electron chi connectivity index (χ1n) is 8.23. The minimum absolute atomic E-state index is 0.0390. The molecular weight excluding hydrogens is 300 g/mol. The van der Waals surface area contributed by atoms with Crippen LogP contribution in [0.3, 0.4) is 0 Å². The highest BCUT2D eigenvalue weighted by atomic mass is 32.1. The number of unbranched alkanes of at least 4 members (excludes halogenated alkanes) is 4. The van der Waals surface area contributed by atoms with Gasteiger partial charge in [-0.3, -0.25) is 4.79 Å². The molecule has 0 spiro atoms. The molecule has 1 aromatic heterocycles. The highest BCUT2D eigenvalue weighted by Gasteiger charge is 2.24. The molecule has 0 aromatic carbocycles. The Labute approximate surface area is 136 Å². The van der Waals surface area contributed by atoms with E-state index in [2.05, 4.69) is 6.92 Å². The number of fused-ring (bicyclic) bond motifs is 1. The van der Waals surface area contributed by atoms with Gasteiger partial charge < -0.3 is 14.2 Å². The lowest BCUT2D eigenvalue weighted by Gasteiger charge is -2.24. The quantitative estimate of drug-likeness (QED) is 0.497. The average molecular weight is 326 g/mol. The van der Waals surface area contributed by atoms with Crippen molar-refractivity contribution in [3.8, 4) is 11.5 Å². The van der Waals surface area contributed by atoms with E-state index in [4.69, 9.17) is 14.2 Å². The molecule has 1 aliphatic rings. The molecular formula is C17H26O4S. The fourth-order valence-corrected chi connectivity index (χ4v) is 3.10. The SMILES string of the molecule is CCCCCCCC(C)C(=O)OCC1COc2cscc2O1. The second-order valence-corrected chi connectivity index (χ2v) is 6.63. The van der Waals surface area contributed by atoms with Crippen molar-refractivity contribution in [3.05, 3.63) is 10.8 Å². The normalized spacial score (nSPS) is 18.0. The Morgan fingerprint density at radius 1 is 1.32 bits per heavy atom. The first kappa shape index (κ1) is 17.1. The van der Waals surface area contributed by atoms with Gasteiger partial charge in [0.2, 0.25) is 0 Å². The van der Waals surface area contributed by atoms with E-state index in [1.54, 1.807) is 11.3 Å². The van der Waals surface area contributed by atoms with Crippen LogP contribution in [0.4, 0.5) is 0 Å². The number of thiophene rings is 1. The predicted molar refractivity (Wildman–Crippen MR) is 87.7 cm³/mol. The van der Waals surface area contributed by atoms with Crippen LogP contribution in [0.2, 0.25) is 0 Å². The molecule has 4 nitrogen and oxygen atoms in total. The lowest BCUT2D eigenvalue weighted by molar-refractivity contribution is -0.151. The van der Waals surface area contributed by atoms with E-state index in [0.717, 1.165) is 24.3 Å². The summed E-state index contributed by atoms with van der Waals surface area (Å²) in [6.07, 6.45) is 6.77. The topological polar surface area (TPSA) is 44.8 Å². The Hall–Kier alpha value is -1.23. The van der Waals surface area contributed by atoms with Gasteiger partial charge in [-0.2, -0.15) is 0 Å². The number of rotatable bonds is 9. The van der Waals surface area contributed by atoms with Crippen molar-refractivity contribution in [3.63, 3.8) is 0 Å². The van der Waals surface area contributed by atoms with Crippen molar-refractivity contribution in [1.82, 2.24) is 0 Å². The molecule has 0 bridgehead atoms. The molecule has 0 fully saturated rings. The zero-order valence-corrected chi connectivity index (χ0v) is 14.3. The average Bonchev–Trinajstić information content (AvgIpc) is 2.99. The molecule has 2 rings (SSSR count). The molecule has 0 saturated heterocycles. The molecule has 0 saturated carbocycles. The molecule has 124 valence electrons. The summed E-state index contributed by atoms with van der Waals surface area (Å²) in [5, 5.41) is 3.82. The molecule has 2 atom stereocenters. The second kappa shape index (κ2) is 9.03. The van der Waals surface area contributed by atoms with Gasteiger partial charge in [0.05, 0.1) is 5.92 Å². The summed E-state index contributed by atoms with van der Waals surface area (Å²) in [6, 6.07) is 0. The number of esters is 1. The van der Waals surface area contributed by atoms with E-state index in [9.17, 15) is 4.79 Å². The Morgan fingerprint density at radius 2 is 2.09 bits per heavy atom. The lowest BCUT2D eigenvalue weighted by atomic mass is 10.0. The van der Waals surface area contributed by atoms with E-state index in [1.807, 2.05) is 17.7 Å². The predicted octanol–water partition coefficient (Wildman–Crippen LogP) is 4.43. The lowest BCUT2D eigenvalue weighted by Crippen LogP contribution is -2.34. The molecule has 1 aromatic rings. The van der Waals surface area contributed by atoms with E-state index in [-0.39, 0.29) is 24.6 Å². The summed E-state index contributed by atoms with van der Waals surface area (Å²) in [4.78, 5) is 12.0. The fourth-order valence-electron chi connectivity index (χ4n) is 2.43. The van der Waals surface area contributed by atoms with Gasteiger partial charge in [-0.1, -0.05) is 46.0 Å². The van der Waals surface area contributed by atoms with Gasteiger partial charge in [0, 0.05) is 10.8 Å². The molecule has 0 amide bonds. The summed E-state index contributed by atoms with van der Waals surface area (Å²) in [5.41, 5.74) is 0. The summed E-state index contributed by atoms with van der Waals surface area (Å²) in [7, 11) is 0. The standard InChI is InChI=1S/C17H26O4S/c1-3-4-5-6-7-8-13(2)17(18)20-10-14-9-19-15-11-22-12-16(15)21-14/h11-14H,3-10H2,1-2H3. The Morgan fingerprint density at radius 3 is 2.91 bits per heavy atom. The van der Waals surface area contributed by atoms with Crippen molar-refractivity contribution >= 4 is 17.3 Å². The number of ether oxygens (including phenoxy) is 3. The van der Waals surface area contributed by atoms with Gasteiger partial charge in [-0.15, -0.1) is 11.3 Å². The maximum atomic E-state index is 12.0. The molecule has 1 aliphatic heterocycles. The molecule has 5 heteroatoms. The van der Waals surface area contributed by atoms with Crippen LogP contribution >= 0.6 is 11.3 Å². The molecule has 2 unspecified atom stereocenters. The maximum absolute atomic E-state index is 12.0. The Balaban J connectivity index is 1.61. The van der Waals surface area contributed by atoms with E-state index in [0.29, 0.717) is 6.61 Å². The molecule has 0 N–H and O–H groups in total. The zero-order valence-electron chi connectivity index (χ0n) is 13.5. The number of hydrogen-bond acceptors (Lipinski definition) is 5. The van der Waals surface area contributed by atoms with Gasteiger partial charge in [0.1, 0.15) is 13.2 Å². The van der Waals surface area contributed by atoms with Crippen LogP contribution in [0.15, 0.2) is 10.8 Å². The van der Waals surface area contributed by atoms with Crippen molar-refractivity contribution in [2.75, 3.05) is 13.2 Å². The van der Waals surface area contributed by atoms with Crippen LogP contribution in [0.25, 0.3) is 0 Å². The number of carbonyl (C=O) groups excluding carboxylic acids is 1. The van der Waals surface area contributed by atoms with E-state index in [1.165, 1.54) is 25.7 Å². The molecule has 2 heterocycles. The van der Waals surface area contributed by atoms with Crippen molar-refractivity contribution in [2.45, 2.75) is 58.5 Å². The minimum Gasteiger partial charge on any atom is -0.485 e. The van der Waals surface area contributed by atoms with Gasteiger partial charge >= 0.3 is 5.97 Å². The zero-order chi connectivity index (χ0) is 15.8. The van der Waals surface area contributed by atoms with Crippen molar-refractivity contribution in [2.24, 2.45) is 5.92 Å². The van der Waals surface area contributed by atoms with Gasteiger partial charge in [0.25, 0.3) is 0 Å². The van der Waals surface area contributed by atoms with Gasteiger partial charge in [-0.05, 0) is 6.42 Å². The summed E-state index contributed by atoms with van der Waals surface area (Å²) in [6.45, 7) is 4.84. The van der Waals surface area contributed by atoms with Crippen molar-refractivity contribution < 1.29 is 19.0 Å². The van der Waals surface area contributed by atoms with Gasteiger partial charge in [-0.25, -0.2) is 0 Å². The third-order valence-electron chi connectivity index (χ3n) is 3.87. The molecule has 22 heavy (non-hydrogen) atoms. The minimum atomic E-state index is -0.206. The number of carbonyl (C=O) groups is 1. The molecule has 0 aliphatic carbocycles. The molecule has 0 radical (unpaired) electrons. The Kier molecular flexibility index (Phi) is 7.03. The maximum Gasteiger partial charge on any atom is 0.308 e. The van der Waals surface area contributed by atoms with Gasteiger partial charge in [0.15, 0.2) is 17.6 Å². The largest absolute Gasteiger partial charge is 0.485 e. The second-order valence-electron chi connectivity index (χ2n) is 5.89. The van der Waals surface area contributed by atoms with E-state index >= 15 is 0 Å². The van der Waals surface area contributed by atoms with Crippen LogP contribution in [0.5, 0.6) is 11.5 Å². The number of hydrogen-bond donors (Lipinski definition) is 0. The first-order chi connectivity index (χ1) is 10.7. The van der Waals surface area contributed by atoms with Crippen LogP contribution in [0.1, 0.15) is 52.4 Å².